The lowest BCUT2D eigenvalue weighted by molar-refractivity contribution is 0.0187. The molecule has 0 radical (unpaired) electrons. The zero-order valence-electron chi connectivity index (χ0n) is 8.33. The normalized spacial score (nSPS) is 10.9. The van der Waals surface area contributed by atoms with Crippen LogP contribution >= 0.6 is 0 Å². The van der Waals surface area contributed by atoms with Crippen LogP contribution in [0, 0.1) is 0 Å². The molecule has 0 amide bonds. The predicted molar refractivity (Wildman–Crippen MR) is 52.8 cm³/mol. The van der Waals surface area contributed by atoms with Gasteiger partial charge in [0.15, 0.2) is 0 Å². The van der Waals surface area contributed by atoms with Crippen LogP contribution in [0.4, 0.5) is 8.78 Å². The smallest absolute Gasteiger partial charge is 0.261 e. The van der Waals surface area contributed by atoms with Gasteiger partial charge in [-0.15, -0.1) is 0 Å². The average molecular weight is 216 g/mol. The summed E-state index contributed by atoms with van der Waals surface area (Å²) in [6.45, 7) is 1.03. The summed E-state index contributed by atoms with van der Waals surface area (Å²) < 4.78 is 28.0. The molecule has 0 aliphatic rings. The SMILES string of the molecule is FC(F)COCCNCc1cccnc1. The largest absolute Gasteiger partial charge is 0.374 e. The summed E-state index contributed by atoms with van der Waals surface area (Å²) in [6.07, 6.45) is 1.07. The van der Waals surface area contributed by atoms with Crippen molar-refractivity contribution in [2.45, 2.75) is 13.0 Å². The zero-order valence-corrected chi connectivity index (χ0v) is 8.33. The molecule has 0 saturated heterocycles. The molecule has 1 rings (SSSR count). The Morgan fingerprint density at radius 3 is 3.00 bits per heavy atom. The number of rotatable bonds is 7. The van der Waals surface area contributed by atoms with Gasteiger partial charge >= 0.3 is 0 Å². The van der Waals surface area contributed by atoms with Gasteiger partial charge in [-0.3, -0.25) is 4.98 Å². The van der Waals surface area contributed by atoms with Crippen LogP contribution in [-0.2, 0) is 11.3 Å². The highest BCUT2D eigenvalue weighted by molar-refractivity contribution is 5.07. The topological polar surface area (TPSA) is 34.1 Å². The maximum absolute atomic E-state index is 11.7. The lowest BCUT2D eigenvalue weighted by Crippen LogP contribution is -2.20. The van der Waals surface area contributed by atoms with Crippen LogP contribution in [0.1, 0.15) is 5.56 Å². The molecular weight excluding hydrogens is 202 g/mol. The molecule has 0 aromatic carbocycles. The first-order valence-electron chi connectivity index (χ1n) is 4.74. The van der Waals surface area contributed by atoms with Gasteiger partial charge in [0.1, 0.15) is 6.61 Å². The highest BCUT2D eigenvalue weighted by Crippen LogP contribution is 1.94. The molecule has 0 bridgehead atoms. The van der Waals surface area contributed by atoms with Crippen molar-refractivity contribution in [3.8, 4) is 0 Å². The molecular formula is C10H14F2N2O. The van der Waals surface area contributed by atoms with Crippen LogP contribution in [0.15, 0.2) is 24.5 Å². The van der Waals surface area contributed by atoms with Crippen molar-refractivity contribution in [2.24, 2.45) is 0 Å². The van der Waals surface area contributed by atoms with Crippen LogP contribution in [0.25, 0.3) is 0 Å². The van der Waals surface area contributed by atoms with E-state index in [0.29, 0.717) is 19.7 Å². The van der Waals surface area contributed by atoms with Crippen LogP contribution < -0.4 is 5.32 Å². The minimum Gasteiger partial charge on any atom is -0.374 e. The van der Waals surface area contributed by atoms with Crippen LogP contribution in [0.3, 0.4) is 0 Å². The number of nitrogens with zero attached hydrogens (tertiary/aromatic N) is 1. The maximum atomic E-state index is 11.7. The lowest BCUT2D eigenvalue weighted by atomic mass is 10.3. The standard InChI is InChI=1S/C10H14F2N2O/c11-10(12)8-15-5-4-14-7-9-2-1-3-13-6-9/h1-3,6,10,14H,4-5,7-8H2. The van der Waals surface area contributed by atoms with Crippen molar-refractivity contribution in [3.63, 3.8) is 0 Å². The number of hydrogen-bond donors (Lipinski definition) is 1. The number of alkyl halides is 2. The van der Waals surface area contributed by atoms with E-state index in [0.717, 1.165) is 5.56 Å². The van der Waals surface area contributed by atoms with E-state index in [2.05, 4.69) is 10.3 Å². The van der Waals surface area contributed by atoms with E-state index < -0.39 is 13.0 Å². The summed E-state index contributed by atoms with van der Waals surface area (Å²) in [5.41, 5.74) is 1.06. The summed E-state index contributed by atoms with van der Waals surface area (Å²) in [5, 5.41) is 3.07. The van der Waals surface area contributed by atoms with Crippen molar-refractivity contribution in [1.29, 1.82) is 0 Å². The fraction of sp³-hybridized carbons (Fsp3) is 0.500. The molecule has 0 atom stereocenters. The molecule has 0 aliphatic carbocycles. The first-order chi connectivity index (χ1) is 7.29. The molecule has 1 heterocycles. The predicted octanol–water partition coefficient (Wildman–Crippen LogP) is 1.45. The molecule has 0 fully saturated rings. The third-order valence-electron chi connectivity index (χ3n) is 1.72. The van der Waals surface area contributed by atoms with Gasteiger partial charge in [0.2, 0.25) is 0 Å². The summed E-state index contributed by atoms with van der Waals surface area (Å²) in [5.74, 6) is 0. The first-order valence-corrected chi connectivity index (χ1v) is 4.74. The van der Waals surface area contributed by atoms with Gasteiger partial charge in [-0.05, 0) is 11.6 Å². The van der Waals surface area contributed by atoms with Crippen LogP contribution in [0.5, 0.6) is 0 Å². The zero-order chi connectivity index (χ0) is 10.9. The third-order valence-corrected chi connectivity index (χ3v) is 1.72. The molecule has 3 nitrogen and oxygen atoms in total. The molecule has 1 aromatic rings. The van der Waals surface area contributed by atoms with E-state index in [1.807, 2.05) is 12.1 Å². The number of hydrogen-bond acceptors (Lipinski definition) is 3. The van der Waals surface area contributed by atoms with Crippen molar-refractivity contribution < 1.29 is 13.5 Å². The molecule has 0 unspecified atom stereocenters. The molecule has 0 saturated carbocycles. The Morgan fingerprint density at radius 2 is 2.33 bits per heavy atom. The Morgan fingerprint density at radius 1 is 1.47 bits per heavy atom. The fourth-order valence-electron chi connectivity index (χ4n) is 1.05. The Bertz CT molecular complexity index is 257. The maximum Gasteiger partial charge on any atom is 0.261 e. The Kier molecular flexibility index (Phi) is 5.80. The molecule has 84 valence electrons. The molecule has 15 heavy (non-hydrogen) atoms. The van der Waals surface area contributed by atoms with Gasteiger partial charge in [-0.1, -0.05) is 6.07 Å². The molecule has 1 N–H and O–H groups in total. The van der Waals surface area contributed by atoms with E-state index in [1.54, 1.807) is 12.4 Å². The molecule has 5 heteroatoms. The molecule has 0 spiro atoms. The Labute approximate surface area is 87.5 Å². The minimum absolute atomic E-state index is 0.296. The van der Waals surface area contributed by atoms with E-state index in [-0.39, 0.29) is 0 Å². The Hall–Kier alpha value is -1.07. The average Bonchev–Trinajstić information content (AvgIpc) is 2.24. The molecule has 1 aromatic heterocycles. The van der Waals surface area contributed by atoms with E-state index in [1.165, 1.54) is 0 Å². The van der Waals surface area contributed by atoms with Crippen molar-refractivity contribution in [2.75, 3.05) is 19.8 Å². The van der Waals surface area contributed by atoms with Gasteiger partial charge in [0.05, 0.1) is 6.61 Å². The van der Waals surface area contributed by atoms with Crippen LogP contribution in [-0.4, -0.2) is 31.2 Å². The van der Waals surface area contributed by atoms with Gasteiger partial charge in [0, 0.05) is 25.5 Å². The quantitative estimate of drug-likeness (QED) is 0.700. The molecule has 0 aliphatic heterocycles. The van der Waals surface area contributed by atoms with E-state index in [9.17, 15) is 8.78 Å². The van der Waals surface area contributed by atoms with Gasteiger partial charge < -0.3 is 10.1 Å². The second kappa shape index (κ2) is 7.25. The van der Waals surface area contributed by atoms with Gasteiger partial charge in [-0.25, -0.2) is 8.78 Å². The summed E-state index contributed by atoms with van der Waals surface area (Å²) in [7, 11) is 0. The summed E-state index contributed by atoms with van der Waals surface area (Å²) in [4.78, 5) is 3.95. The number of pyridine rings is 1. The van der Waals surface area contributed by atoms with E-state index in [4.69, 9.17) is 4.74 Å². The van der Waals surface area contributed by atoms with Gasteiger partial charge in [-0.2, -0.15) is 0 Å². The number of ether oxygens (including phenoxy) is 1. The lowest BCUT2D eigenvalue weighted by Gasteiger charge is -2.05. The van der Waals surface area contributed by atoms with Crippen molar-refractivity contribution >= 4 is 0 Å². The third kappa shape index (κ3) is 6.09. The van der Waals surface area contributed by atoms with E-state index >= 15 is 0 Å². The summed E-state index contributed by atoms with van der Waals surface area (Å²) in [6, 6.07) is 3.80. The highest BCUT2D eigenvalue weighted by Gasteiger charge is 2.00. The number of halogens is 2. The Balaban J connectivity index is 1.98. The summed E-state index contributed by atoms with van der Waals surface area (Å²) >= 11 is 0. The minimum atomic E-state index is -2.39. The number of aromatic nitrogens is 1. The first kappa shape index (κ1) is 12.0. The highest BCUT2D eigenvalue weighted by atomic mass is 19.3. The number of nitrogens with one attached hydrogen (secondary N) is 1. The van der Waals surface area contributed by atoms with Crippen LogP contribution in [0.2, 0.25) is 0 Å². The fourth-order valence-corrected chi connectivity index (χ4v) is 1.05. The monoisotopic (exact) mass is 216 g/mol. The van der Waals surface area contributed by atoms with Crippen molar-refractivity contribution in [1.82, 2.24) is 10.3 Å². The van der Waals surface area contributed by atoms with Gasteiger partial charge in [0.25, 0.3) is 6.43 Å². The van der Waals surface area contributed by atoms with Crippen molar-refractivity contribution in [3.05, 3.63) is 30.1 Å². The second-order valence-electron chi connectivity index (χ2n) is 3.00. The second-order valence-corrected chi connectivity index (χ2v) is 3.00.